The number of carbonyl (C=O) groups excluding carboxylic acids is 1. The molecule has 0 spiro atoms. The van der Waals surface area contributed by atoms with Crippen molar-refractivity contribution in [2.24, 2.45) is 5.22 Å². The number of carbonyl (C=O) groups is 1. The lowest BCUT2D eigenvalue weighted by Gasteiger charge is -2.25. The van der Waals surface area contributed by atoms with Gasteiger partial charge in [-0.3, -0.25) is 0 Å². The number of hydrogen-bond acceptors (Lipinski definition) is 3. The number of nitrogens with one attached hydrogen (secondary N) is 3. The first kappa shape index (κ1) is 6.98. The number of nitrogens with zero attached hydrogens (tertiary/aromatic N) is 1. The number of urea groups is 1. The molecule has 0 unspecified atom stereocenters. The van der Waals surface area contributed by atoms with Crippen molar-refractivity contribution in [2.45, 2.75) is 25.3 Å². The molecule has 3 N–H and O–H groups in total. The van der Waals surface area contributed by atoms with E-state index in [9.17, 15) is 4.79 Å². The molecule has 0 aromatic rings. The average molecular weight is 142 g/mol. The third kappa shape index (κ3) is 1.68. The van der Waals surface area contributed by atoms with E-state index in [0.717, 1.165) is 12.8 Å². The van der Waals surface area contributed by atoms with E-state index in [4.69, 9.17) is 5.53 Å². The minimum absolute atomic E-state index is 0.307. The van der Waals surface area contributed by atoms with E-state index in [1.165, 1.54) is 6.42 Å². The molecule has 56 valence electrons. The Balaban J connectivity index is 2.10. The minimum Gasteiger partial charge on any atom is -0.334 e. The van der Waals surface area contributed by atoms with Gasteiger partial charge in [-0.1, -0.05) is 5.22 Å². The van der Waals surface area contributed by atoms with Gasteiger partial charge in [0.2, 0.25) is 0 Å². The molecule has 0 heterocycles. The third-order valence-corrected chi connectivity index (χ3v) is 1.60. The summed E-state index contributed by atoms with van der Waals surface area (Å²) in [4.78, 5) is 10.6. The fourth-order valence-electron chi connectivity index (χ4n) is 0.821. The van der Waals surface area contributed by atoms with Crippen molar-refractivity contribution in [1.82, 2.24) is 10.7 Å². The van der Waals surface area contributed by atoms with Crippen LogP contribution in [0.4, 0.5) is 4.79 Å². The molecule has 2 amide bonds. The normalized spacial score (nSPS) is 17.2. The molecular formula is C5H10N4O. The number of amides is 2. The van der Waals surface area contributed by atoms with Crippen LogP contribution in [0.15, 0.2) is 5.22 Å². The van der Waals surface area contributed by atoms with Crippen LogP contribution in [0.3, 0.4) is 0 Å². The SMILES string of the molecule is N=NNC(=O)NC1CCC1. The van der Waals surface area contributed by atoms with Crippen LogP contribution >= 0.6 is 0 Å². The zero-order valence-corrected chi connectivity index (χ0v) is 5.55. The first-order chi connectivity index (χ1) is 4.83. The second kappa shape index (κ2) is 3.14. The Kier molecular flexibility index (Phi) is 2.20. The van der Waals surface area contributed by atoms with E-state index in [-0.39, 0.29) is 6.03 Å². The van der Waals surface area contributed by atoms with E-state index in [1.54, 1.807) is 0 Å². The molecule has 1 aliphatic rings. The van der Waals surface area contributed by atoms with Gasteiger partial charge in [0.15, 0.2) is 0 Å². The predicted molar refractivity (Wildman–Crippen MR) is 34.5 cm³/mol. The Bertz CT molecular complexity index is 143. The molecule has 0 radical (unpaired) electrons. The quantitative estimate of drug-likeness (QED) is 0.386. The topological polar surface area (TPSA) is 77.3 Å². The molecular weight excluding hydrogens is 132 g/mol. The average Bonchev–Trinajstić information content (AvgIpc) is 1.80. The van der Waals surface area contributed by atoms with Crippen molar-refractivity contribution in [2.75, 3.05) is 0 Å². The Morgan fingerprint density at radius 2 is 2.30 bits per heavy atom. The van der Waals surface area contributed by atoms with Crippen LogP contribution in [-0.4, -0.2) is 12.1 Å². The van der Waals surface area contributed by atoms with Crippen LogP contribution in [0.5, 0.6) is 0 Å². The van der Waals surface area contributed by atoms with Gasteiger partial charge in [-0.05, 0) is 19.3 Å². The summed E-state index contributed by atoms with van der Waals surface area (Å²) >= 11 is 0. The van der Waals surface area contributed by atoms with Gasteiger partial charge in [0, 0.05) is 6.04 Å². The molecule has 1 aliphatic carbocycles. The molecule has 0 aromatic carbocycles. The summed E-state index contributed by atoms with van der Waals surface area (Å²) in [7, 11) is 0. The van der Waals surface area contributed by atoms with Crippen LogP contribution < -0.4 is 10.7 Å². The smallest absolute Gasteiger partial charge is 0.334 e. The predicted octanol–water partition coefficient (Wildman–Crippen LogP) is 0.784. The Hall–Kier alpha value is -1.13. The first-order valence-electron chi connectivity index (χ1n) is 3.26. The van der Waals surface area contributed by atoms with Crippen LogP contribution in [0.2, 0.25) is 0 Å². The number of rotatable bonds is 2. The standard InChI is InChI=1S/C5H10N4O/c6-9-8-5(10)7-4-2-1-3-4/h4H,1-3H2,(H3,6,7,8,10). The van der Waals surface area contributed by atoms with Crippen molar-refractivity contribution < 1.29 is 4.79 Å². The highest BCUT2D eigenvalue weighted by molar-refractivity contribution is 5.73. The van der Waals surface area contributed by atoms with Gasteiger partial charge in [-0.15, -0.1) is 0 Å². The molecule has 1 rings (SSSR count). The second-order valence-electron chi connectivity index (χ2n) is 2.32. The van der Waals surface area contributed by atoms with E-state index < -0.39 is 0 Å². The summed E-state index contributed by atoms with van der Waals surface area (Å²) in [5, 5.41) is 5.39. The molecule has 0 saturated heterocycles. The van der Waals surface area contributed by atoms with E-state index in [1.807, 2.05) is 5.43 Å². The van der Waals surface area contributed by atoms with E-state index in [2.05, 4.69) is 10.5 Å². The molecule has 0 aromatic heterocycles. The van der Waals surface area contributed by atoms with Gasteiger partial charge < -0.3 is 5.32 Å². The zero-order valence-electron chi connectivity index (χ0n) is 5.55. The van der Waals surface area contributed by atoms with Gasteiger partial charge in [0.05, 0.1) is 0 Å². The monoisotopic (exact) mass is 142 g/mol. The van der Waals surface area contributed by atoms with E-state index in [0.29, 0.717) is 6.04 Å². The van der Waals surface area contributed by atoms with Gasteiger partial charge in [0.25, 0.3) is 0 Å². The molecule has 1 fully saturated rings. The molecule has 10 heavy (non-hydrogen) atoms. The minimum atomic E-state index is -0.375. The van der Waals surface area contributed by atoms with Gasteiger partial charge in [0.1, 0.15) is 0 Å². The summed E-state index contributed by atoms with van der Waals surface area (Å²) in [5.41, 5.74) is 8.29. The highest BCUT2D eigenvalue weighted by Crippen LogP contribution is 2.17. The molecule has 1 saturated carbocycles. The summed E-state index contributed by atoms with van der Waals surface area (Å²) in [5.74, 6) is 0. The Labute approximate surface area is 58.7 Å². The Morgan fingerprint density at radius 3 is 2.70 bits per heavy atom. The molecule has 5 nitrogen and oxygen atoms in total. The lowest BCUT2D eigenvalue weighted by molar-refractivity contribution is 0.228. The maximum absolute atomic E-state index is 10.6. The number of hydrogen-bond donors (Lipinski definition) is 3. The van der Waals surface area contributed by atoms with Crippen LogP contribution in [0, 0.1) is 5.53 Å². The van der Waals surface area contributed by atoms with Gasteiger partial charge in [-0.2, -0.15) is 5.53 Å². The molecule has 0 aliphatic heterocycles. The lowest BCUT2D eigenvalue weighted by atomic mass is 9.93. The third-order valence-electron chi connectivity index (χ3n) is 1.60. The first-order valence-corrected chi connectivity index (χ1v) is 3.26. The summed E-state index contributed by atoms with van der Waals surface area (Å²) in [6.45, 7) is 0. The molecule has 5 heteroatoms. The van der Waals surface area contributed by atoms with Crippen molar-refractivity contribution in [3.63, 3.8) is 0 Å². The van der Waals surface area contributed by atoms with Crippen molar-refractivity contribution >= 4 is 6.03 Å². The van der Waals surface area contributed by atoms with Crippen molar-refractivity contribution in [1.29, 1.82) is 5.53 Å². The summed E-state index contributed by atoms with van der Waals surface area (Å²) < 4.78 is 0. The second-order valence-corrected chi connectivity index (χ2v) is 2.32. The largest absolute Gasteiger partial charge is 0.336 e. The van der Waals surface area contributed by atoms with Crippen LogP contribution in [-0.2, 0) is 0 Å². The highest BCUT2D eigenvalue weighted by Gasteiger charge is 2.18. The maximum atomic E-state index is 10.6. The van der Waals surface area contributed by atoms with Gasteiger partial charge in [-0.25, -0.2) is 10.2 Å². The van der Waals surface area contributed by atoms with Crippen LogP contribution in [0.1, 0.15) is 19.3 Å². The lowest BCUT2D eigenvalue weighted by Crippen LogP contribution is -2.43. The zero-order chi connectivity index (χ0) is 7.40. The highest BCUT2D eigenvalue weighted by atomic mass is 16.2. The molecule has 0 bridgehead atoms. The Morgan fingerprint density at radius 1 is 1.60 bits per heavy atom. The summed E-state index contributed by atoms with van der Waals surface area (Å²) in [6, 6.07) is -0.0681. The van der Waals surface area contributed by atoms with E-state index >= 15 is 0 Å². The van der Waals surface area contributed by atoms with Gasteiger partial charge >= 0.3 is 6.03 Å². The molecule has 0 atom stereocenters. The van der Waals surface area contributed by atoms with Crippen molar-refractivity contribution in [3.05, 3.63) is 0 Å². The van der Waals surface area contributed by atoms with Crippen molar-refractivity contribution in [3.8, 4) is 0 Å². The van der Waals surface area contributed by atoms with Crippen LogP contribution in [0.25, 0.3) is 0 Å². The fraction of sp³-hybridized carbons (Fsp3) is 0.800. The fourth-order valence-corrected chi connectivity index (χ4v) is 0.821. The maximum Gasteiger partial charge on any atom is 0.336 e. The summed E-state index contributed by atoms with van der Waals surface area (Å²) in [6.07, 6.45) is 3.28.